The van der Waals surface area contributed by atoms with Crippen LogP contribution in [-0.2, 0) is 14.8 Å². The largest absolute Gasteiger partial charge is 0.497 e. The van der Waals surface area contributed by atoms with Crippen molar-refractivity contribution in [3.8, 4) is 5.75 Å². The van der Waals surface area contributed by atoms with Crippen LogP contribution < -0.4 is 4.74 Å². The van der Waals surface area contributed by atoms with Crippen molar-refractivity contribution in [1.29, 1.82) is 0 Å². The van der Waals surface area contributed by atoms with Gasteiger partial charge in [0.05, 0.1) is 24.6 Å². The highest BCUT2D eigenvalue weighted by atomic mass is 32.2. The van der Waals surface area contributed by atoms with Crippen LogP contribution in [0.15, 0.2) is 47.4 Å². The molecule has 0 bridgehead atoms. The third kappa shape index (κ3) is 4.46. The molecular weight excluding hydrogens is 388 g/mol. The lowest BCUT2D eigenvalue weighted by Crippen LogP contribution is -2.40. The van der Waals surface area contributed by atoms with Crippen molar-refractivity contribution in [2.75, 3.05) is 27.2 Å². The van der Waals surface area contributed by atoms with E-state index in [1.165, 1.54) is 7.05 Å². The van der Waals surface area contributed by atoms with Crippen LogP contribution in [0.3, 0.4) is 0 Å². The molecular formula is C22H28N2O4S. The van der Waals surface area contributed by atoms with Crippen molar-refractivity contribution in [3.05, 3.63) is 59.2 Å². The molecule has 1 saturated heterocycles. The molecule has 0 N–H and O–H groups in total. The predicted octanol–water partition coefficient (Wildman–Crippen LogP) is 3.30. The fourth-order valence-corrected chi connectivity index (χ4v) is 4.89. The van der Waals surface area contributed by atoms with Crippen LogP contribution in [-0.4, -0.2) is 50.8 Å². The van der Waals surface area contributed by atoms with Gasteiger partial charge in [-0.15, -0.1) is 0 Å². The first-order chi connectivity index (χ1) is 13.7. The molecule has 0 aromatic heterocycles. The maximum Gasteiger partial charge on any atom is 0.243 e. The molecule has 0 aliphatic carbocycles. The first-order valence-corrected chi connectivity index (χ1v) is 11.1. The number of rotatable bonds is 6. The lowest BCUT2D eigenvalue weighted by molar-refractivity contribution is -0.132. The van der Waals surface area contributed by atoms with Gasteiger partial charge in [-0.2, -0.15) is 4.31 Å². The Morgan fingerprint density at radius 2 is 1.93 bits per heavy atom. The summed E-state index contributed by atoms with van der Waals surface area (Å²) in [5.41, 5.74) is 2.94. The average Bonchev–Trinajstić information content (AvgIpc) is 3.20. The zero-order valence-corrected chi connectivity index (χ0v) is 18.2. The Hall–Kier alpha value is -2.38. The molecule has 1 unspecified atom stereocenters. The minimum Gasteiger partial charge on any atom is -0.497 e. The number of carbonyl (C=O) groups is 1. The monoisotopic (exact) mass is 416 g/mol. The Labute approximate surface area is 173 Å². The third-order valence-electron chi connectivity index (χ3n) is 5.60. The molecule has 156 valence electrons. The number of hydrogen-bond donors (Lipinski definition) is 0. The number of ether oxygens (including phenoxy) is 1. The number of methoxy groups -OCH3 is 1. The van der Waals surface area contributed by atoms with E-state index in [2.05, 4.69) is 0 Å². The number of sulfonamides is 1. The van der Waals surface area contributed by atoms with Gasteiger partial charge in [-0.1, -0.05) is 18.2 Å². The van der Waals surface area contributed by atoms with Gasteiger partial charge in [0.15, 0.2) is 0 Å². The molecule has 1 aliphatic rings. The number of hydrogen-bond acceptors (Lipinski definition) is 4. The van der Waals surface area contributed by atoms with Crippen molar-refractivity contribution in [1.82, 2.24) is 9.21 Å². The van der Waals surface area contributed by atoms with E-state index in [0.29, 0.717) is 6.54 Å². The molecule has 1 atom stereocenters. The lowest BCUT2D eigenvalue weighted by atomic mass is 10.0. The van der Waals surface area contributed by atoms with E-state index in [-0.39, 0.29) is 23.4 Å². The molecule has 6 nitrogen and oxygen atoms in total. The number of likely N-dealkylation sites (N-methyl/N-ethyl adjacent to an activating group) is 1. The lowest BCUT2D eigenvalue weighted by Gasteiger charge is -2.27. The molecule has 29 heavy (non-hydrogen) atoms. The Morgan fingerprint density at radius 1 is 1.17 bits per heavy atom. The molecule has 0 saturated carbocycles. The SMILES string of the molecule is COc1cccc(C2CCCN2C(=O)CN(C)S(=O)(=O)c2ccc(C)c(C)c2)c1. The minimum atomic E-state index is -3.73. The van der Waals surface area contributed by atoms with Gasteiger partial charge >= 0.3 is 0 Å². The highest BCUT2D eigenvalue weighted by molar-refractivity contribution is 7.89. The van der Waals surface area contributed by atoms with Crippen molar-refractivity contribution in [3.63, 3.8) is 0 Å². The van der Waals surface area contributed by atoms with E-state index in [9.17, 15) is 13.2 Å². The van der Waals surface area contributed by atoms with Crippen molar-refractivity contribution < 1.29 is 17.9 Å². The van der Waals surface area contributed by atoms with Crippen LogP contribution in [0.4, 0.5) is 0 Å². The van der Waals surface area contributed by atoms with Gasteiger partial charge in [-0.3, -0.25) is 4.79 Å². The summed E-state index contributed by atoms with van der Waals surface area (Å²) in [5.74, 6) is 0.557. The van der Waals surface area contributed by atoms with Crippen LogP contribution in [0, 0.1) is 13.8 Å². The number of benzene rings is 2. The summed E-state index contributed by atoms with van der Waals surface area (Å²) in [6.07, 6.45) is 1.74. The number of aryl methyl sites for hydroxylation is 2. The number of carbonyl (C=O) groups excluding carboxylic acids is 1. The van der Waals surface area contributed by atoms with Crippen molar-refractivity contribution >= 4 is 15.9 Å². The number of nitrogens with zero attached hydrogens (tertiary/aromatic N) is 2. The van der Waals surface area contributed by atoms with Crippen LogP contribution in [0.2, 0.25) is 0 Å². The molecule has 1 heterocycles. The molecule has 1 amide bonds. The third-order valence-corrected chi connectivity index (χ3v) is 7.40. The molecule has 2 aromatic rings. The smallest absolute Gasteiger partial charge is 0.243 e. The second-order valence-electron chi connectivity index (χ2n) is 7.53. The molecule has 1 fully saturated rings. The van der Waals surface area contributed by atoms with Gasteiger partial charge < -0.3 is 9.64 Å². The summed E-state index contributed by atoms with van der Waals surface area (Å²) in [5, 5.41) is 0. The summed E-state index contributed by atoms with van der Waals surface area (Å²) in [6.45, 7) is 4.25. The predicted molar refractivity (Wildman–Crippen MR) is 112 cm³/mol. The van der Waals surface area contributed by atoms with E-state index in [1.54, 1.807) is 30.2 Å². The Morgan fingerprint density at radius 3 is 2.62 bits per heavy atom. The topological polar surface area (TPSA) is 66.9 Å². The molecule has 0 spiro atoms. The maximum absolute atomic E-state index is 13.0. The normalized spacial score (nSPS) is 17.0. The van der Waals surface area contributed by atoms with Gasteiger partial charge in [0.25, 0.3) is 0 Å². The summed E-state index contributed by atoms with van der Waals surface area (Å²) in [6, 6.07) is 12.7. The fraction of sp³-hybridized carbons (Fsp3) is 0.409. The van der Waals surface area contributed by atoms with Crippen LogP contribution >= 0.6 is 0 Å². The zero-order chi connectivity index (χ0) is 21.2. The van der Waals surface area contributed by atoms with E-state index < -0.39 is 10.0 Å². The Balaban J connectivity index is 1.76. The van der Waals surface area contributed by atoms with Gasteiger partial charge in [-0.05, 0) is 67.6 Å². The standard InChI is InChI=1S/C22H28N2O4S/c1-16-10-11-20(13-17(16)2)29(26,27)23(3)15-22(25)24-12-6-9-21(24)18-7-5-8-19(14-18)28-4/h5,7-8,10-11,13-14,21H,6,9,12,15H2,1-4H3. The maximum atomic E-state index is 13.0. The molecule has 0 radical (unpaired) electrons. The van der Waals surface area contributed by atoms with Crippen molar-refractivity contribution in [2.24, 2.45) is 0 Å². The van der Waals surface area contributed by atoms with Crippen LogP contribution in [0.25, 0.3) is 0 Å². The van der Waals surface area contributed by atoms with Gasteiger partial charge in [-0.25, -0.2) is 8.42 Å². The molecule has 3 rings (SSSR count). The summed E-state index contributed by atoms with van der Waals surface area (Å²) >= 11 is 0. The van der Waals surface area contributed by atoms with Gasteiger partial charge in [0.2, 0.25) is 15.9 Å². The first-order valence-electron chi connectivity index (χ1n) is 9.71. The van der Waals surface area contributed by atoms with E-state index in [4.69, 9.17) is 4.74 Å². The first kappa shape index (κ1) is 21.3. The molecule has 1 aliphatic heterocycles. The van der Waals surface area contributed by atoms with Gasteiger partial charge in [0, 0.05) is 13.6 Å². The Bertz CT molecular complexity index is 1000. The average molecular weight is 417 g/mol. The second-order valence-corrected chi connectivity index (χ2v) is 9.57. The zero-order valence-electron chi connectivity index (χ0n) is 17.4. The number of likely N-dealkylation sites (tertiary alicyclic amines) is 1. The minimum absolute atomic E-state index is 0.0599. The highest BCUT2D eigenvalue weighted by Gasteiger charge is 2.32. The highest BCUT2D eigenvalue weighted by Crippen LogP contribution is 2.33. The second kappa shape index (κ2) is 8.55. The number of amides is 1. The fourth-order valence-electron chi connectivity index (χ4n) is 3.68. The van der Waals surface area contributed by atoms with Crippen LogP contribution in [0.1, 0.15) is 35.6 Å². The quantitative estimate of drug-likeness (QED) is 0.725. The van der Waals surface area contributed by atoms with E-state index in [0.717, 1.165) is 39.6 Å². The van der Waals surface area contributed by atoms with Crippen molar-refractivity contribution in [2.45, 2.75) is 37.6 Å². The Kier molecular flexibility index (Phi) is 6.29. The summed E-state index contributed by atoms with van der Waals surface area (Å²) in [7, 11) is -0.658. The van der Waals surface area contributed by atoms with Gasteiger partial charge in [0.1, 0.15) is 5.75 Å². The summed E-state index contributed by atoms with van der Waals surface area (Å²) < 4.78 is 32.3. The van der Waals surface area contributed by atoms with E-state index >= 15 is 0 Å². The molecule has 7 heteroatoms. The summed E-state index contributed by atoms with van der Waals surface area (Å²) in [4.78, 5) is 15.0. The molecule has 2 aromatic carbocycles. The van der Waals surface area contributed by atoms with Crippen LogP contribution in [0.5, 0.6) is 5.75 Å². The van der Waals surface area contributed by atoms with E-state index in [1.807, 2.05) is 38.1 Å².